The molecule has 0 saturated heterocycles. The van der Waals surface area contributed by atoms with Crippen LogP contribution in [-0.4, -0.2) is 30.5 Å². The molecular weight excluding hydrogens is 266 g/mol. The Labute approximate surface area is 128 Å². The zero-order valence-corrected chi connectivity index (χ0v) is 14.2. The fourth-order valence-electron chi connectivity index (χ4n) is 1.33. The number of hydrogen-bond donors (Lipinski definition) is 3. The molecular formula is C17H31NO3. The van der Waals surface area contributed by atoms with Gasteiger partial charge in [0.05, 0.1) is 18.6 Å². The Balaban J connectivity index is 0. The van der Waals surface area contributed by atoms with Crippen molar-refractivity contribution in [3.63, 3.8) is 0 Å². The van der Waals surface area contributed by atoms with Crippen LogP contribution < -0.4 is 16.4 Å². The summed E-state index contributed by atoms with van der Waals surface area (Å²) >= 11 is 0. The summed E-state index contributed by atoms with van der Waals surface area (Å²) in [7, 11) is 1.50. The molecule has 0 aliphatic rings. The highest BCUT2D eigenvalue weighted by Gasteiger charge is 2.28. The molecule has 122 valence electrons. The minimum Gasteiger partial charge on any atom is -0.460 e. The smallest absolute Gasteiger partial charge is 0.133 e. The summed E-state index contributed by atoms with van der Waals surface area (Å²) in [5.74, 6) is 0.556. The molecule has 0 amide bonds. The van der Waals surface area contributed by atoms with Crippen LogP contribution in [0.5, 0.6) is 0 Å². The van der Waals surface area contributed by atoms with Gasteiger partial charge in [0, 0.05) is 5.22 Å². The number of aliphatic hydroxyl groups is 2. The van der Waals surface area contributed by atoms with E-state index >= 15 is 0 Å². The molecule has 1 heterocycles. The average molecular weight is 297 g/mol. The lowest BCUT2D eigenvalue weighted by Crippen LogP contribution is -2.30. The van der Waals surface area contributed by atoms with Crippen molar-refractivity contribution in [2.75, 3.05) is 20.3 Å². The van der Waals surface area contributed by atoms with Gasteiger partial charge in [-0.3, -0.25) is 0 Å². The molecule has 0 spiro atoms. The van der Waals surface area contributed by atoms with Crippen LogP contribution in [0.2, 0.25) is 0 Å². The van der Waals surface area contributed by atoms with Crippen molar-refractivity contribution in [1.29, 1.82) is 0 Å². The molecule has 0 aliphatic heterocycles. The largest absolute Gasteiger partial charge is 0.460 e. The summed E-state index contributed by atoms with van der Waals surface area (Å²) in [4.78, 5) is 0. The molecule has 4 nitrogen and oxygen atoms in total. The first-order valence-corrected chi connectivity index (χ1v) is 7.17. The Morgan fingerprint density at radius 2 is 1.76 bits per heavy atom. The summed E-state index contributed by atoms with van der Waals surface area (Å²) in [6.45, 7) is 13.3. The fourth-order valence-corrected chi connectivity index (χ4v) is 1.33. The van der Waals surface area contributed by atoms with E-state index in [0.717, 1.165) is 10.8 Å². The molecule has 1 aromatic rings. The van der Waals surface area contributed by atoms with Gasteiger partial charge in [-0.1, -0.05) is 32.1 Å². The van der Waals surface area contributed by atoms with Gasteiger partial charge in [0.25, 0.3) is 0 Å². The van der Waals surface area contributed by atoms with E-state index < -0.39 is 5.41 Å². The number of nitrogens with two attached hydrogens (primary N) is 1. The van der Waals surface area contributed by atoms with E-state index in [1.54, 1.807) is 13.0 Å². The zero-order chi connectivity index (χ0) is 17.1. The van der Waals surface area contributed by atoms with Crippen LogP contribution >= 0.6 is 0 Å². The SMILES string of the molecule is C=c1cc(C(C)(CO)CO)o/c1=C/C=C(C)C.CC.CN. The van der Waals surface area contributed by atoms with Gasteiger partial charge >= 0.3 is 0 Å². The fraction of sp³-hybridized carbons (Fsp3) is 0.529. The maximum atomic E-state index is 9.29. The Morgan fingerprint density at radius 1 is 1.29 bits per heavy atom. The van der Waals surface area contributed by atoms with Crippen LogP contribution in [0.25, 0.3) is 12.7 Å². The standard InChI is InChI=1S/C14H20O3.C2H6.CH5N/c1-10(2)5-6-12-11(3)7-13(17-12)14(4,8-15)9-16;2*1-2/h5-7,15-16H,3,8-9H2,1-2,4H3;1-2H3;2H2,1H3/b12-6+;;. The lowest BCUT2D eigenvalue weighted by Gasteiger charge is -2.21. The second-order valence-electron chi connectivity index (χ2n) is 4.79. The lowest BCUT2D eigenvalue weighted by atomic mass is 9.90. The first-order valence-electron chi connectivity index (χ1n) is 7.17. The van der Waals surface area contributed by atoms with E-state index in [9.17, 15) is 10.2 Å². The quantitative estimate of drug-likeness (QED) is 0.782. The van der Waals surface area contributed by atoms with Gasteiger partial charge in [0.2, 0.25) is 0 Å². The third-order valence-electron chi connectivity index (χ3n) is 2.70. The van der Waals surface area contributed by atoms with Crippen molar-refractivity contribution in [3.8, 4) is 0 Å². The van der Waals surface area contributed by atoms with E-state index in [2.05, 4.69) is 12.3 Å². The highest BCUT2D eigenvalue weighted by atomic mass is 16.3. The number of hydrogen-bond acceptors (Lipinski definition) is 4. The Morgan fingerprint density at radius 3 is 2.14 bits per heavy atom. The molecule has 0 aromatic carbocycles. The van der Waals surface area contributed by atoms with Crippen LogP contribution in [0.4, 0.5) is 0 Å². The first kappa shape index (κ1) is 21.9. The van der Waals surface area contributed by atoms with Crippen molar-refractivity contribution >= 4 is 12.7 Å². The second-order valence-corrected chi connectivity index (χ2v) is 4.79. The van der Waals surface area contributed by atoms with Crippen LogP contribution in [0.1, 0.15) is 40.4 Å². The van der Waals surface area contributed by atoms with Gasteiger partial charge < -0.3 is 20.4 Å². The highest BCUT2D eigenvalue weighted by molar-refractivity contribution is 5.37. The Bertz CT molecular complexity index is 507. The summed E-state index contributed by atoms with van der Waals surface area (Å²) in [5, 5.41) is 19.3. The molecule has 0 bridgehead atoms. The van der Waals surface area contributed by atoms with Gasteiger partial charge in [-0.2, -0.15) is 0 Å². The molecule has 0 aliphatic carbocycles. The highest BCUT2D eigenvalue weighted by Crippen LogP contribution is 2.20. The zero-order valence-electron chi connectivity index (χ0n) is 14.2. The predicted octanol–water partition coefficient (Wildman–Crippen LogP) is 1.28. The summed E-state index contributed by atoms with van der Waals surface area (Å²) < 4.78 is 5.63. The van der Waals surface area contributed by atoms with E-state index in [-0.39, 0.29) is 13.2 Å². The minimum absolute atomic E-state index is 0.168. The number of aliphatic hydroxyl groups excluding tert-OH is 2. The van der Waals surface area contributed by atoms with Gasteiger partial charge in [0.1, 0.15) is 11.2 Å². The third kappa shape index (κ3) is 6.76. The van der Waals surface area contributed by atoms with Crippen LogP contribution in [0.3, 0.4) is 0 Å². The Hall–Kier alpha value is -1.36. The van der Waals surface area contributed by atoms with Crippen LogP contribution in [-0.2, 0) is 5.41 Å². The van der Waals surface area contributed by atoms with Gasteiger partial charge in [0.15, 0.2) is 0 Å². The number of allylic oxidation sites excluding steroid dienone is 2. The average Bonchev–Trinajstić information content (AvgIpc) is 2.90. The van der Waals surface area contributed by atoms with E-state index in [0.29, 0.717) is 11.2 Å². The lowest BCUT2D eigenvalue weighted by molar-refractivity contribution is 0.111. The topological polar surface area (TPSA) is 79.6 Å². The van der Waals surface area contributed by atoms with Gasteiger partial charge in [-0.25, -0.2) is 0 Å². The molecule has 21 heavy (non-hydrogen) atoms. The van der Waals surface area contributed by atoms with E-state index in [1.807, 2.05) is 39.8 Å². The van der Waals surface area contributed by atoms with Gasteiger partial charge in [-0.05, 0) is 40.0 Å². The second kappa shape index (κ2) is 11.3. The minimum atomic E-state index is -0.760. The van der Waals surface area contributed by atoms with Crippen LogP contribution in [0, 0.1) is 0 Å². The maximum absolute atomic E-state index is 9.29. The monoisotopic (exact) mass is 297 g/mol. The van der Waals surface area contributed by atoms with Crippen molar-refractivity contribution in [3.05, 3.63) is 34.1 Å². The first-order chi connectivity index (χ1) is 9.92. The summed E-state index contributed by atoms with van der Waals surface area (Å²) in [6.07, 6.45) is 3.78. The third-order valence-corrected chi connectivity index (χ3v) is 2.70. The molecule has 4 heteroatoms. The molecule has 1 rings (SSSR count). The molecule has 0 fully saturated rings. The summed E-state index contributed by atoms with van der Waals surface area (Å²) in [5.41, 5.74) is 5.56. The van der Waals surface area contributed by atoms with Crippen LogP contribution in [0.15, 0.2) is 22.1 Å². The van der Waals surface area contributed by atoms with Crippen molar-refractivity contribution in [2.45, 2.75) is 40.0 Å². The normalized spacial score (nSPS) is 11.0. The number of furan rings is 1. The van der Waals surface area contributed by atoms with Crippen molar-refractivity contribution in [1.82, 2.24) is 0 Å². The van der Waals surface area contributed by atoms with Crippen molar-refractivity contribution in [2.24, 2.45) is 5.73 Å². The van der Waals surface area contributed by atoms with Gasteiger partial charge in [-0.15, -0.1) is 0 Å². The van der Waals surface area contributed by atoms with E-state index in [4.69, 9.17) is 4.42 Å². The molecule has 4 N–H and O–H groups in total. The Kier molecular flexibility index (Phi) is 11.8. The molecule has 0 atom stereocenters. The molecule has 0 unspecified atom stereocenters. The van der Waals surface area contributed by atoms with E-state index in [1.165, 1.54) is 7.05 Å². The predicted molar refractivity (Wildman–Crippen MR) is 90.4 cm³/mol. The molecule has 0 saturated carbocycles. The maximum Gasteiger partial charge on any atom is 0.133 e. The molecule has 1 aromatic heterocycles. The number of rotatable bonds is 4. The molecule has 0 radical (unpaired) electrons. The summed E-state index contributed by atoms with van der Waals surface area (Å²) in [6, 6.07) is 1.76. The van der Waals surface area contributed by atoms with Crippen molar-refractivity contribution < 1.29 is 14.6 Å².